The van der Waals surface area contributed by atoms with E-state index in [2.05, 4.69) is 50.2 Å². The van der Waals surface area contributed by atoms with Crippen molar-refractivity contribution < 1.29 is 38.1 Å². The van der Waals surface area contributed by atoms with E-state index in [1.807, 2.05) is 52.1 Å². The van der Waals surface area contributed by atoms with Crippen LogP contribution in [0, 0.1) is 13.8 Å². The van der Waals surface area contributed by atoms with Crippen LogP contribution in [0.25, 0.3) is 21.8 Å². The number of amides is 1. The number of rotatable bonds is 12. The summed E-state index contributed by atoms with van der Waals surface area (Å²) in [5.41, 5.74) is 5.44. The molecule has 14 nitrogen and oxygen atoms in total. The molecule has 59 heavy (non-hydrogen) atoms. The molecule has 0 aliphatic carbocycles. The molecule has 2 aromatic heterocycles. The van der Waals surface area contributed by atoms with Crippen LogP contribution in [-0.4, -0.2) is 118 Å². The Morgan fingerprint density at radius 3 is 1.75 bits per heavy atom. The molecular weight excluding hydrogens is 753 g/mol. The van der Waals surface area contributed by atoms with Gasteiger partial charge in [-0.1, -0.05) is 12.1 Å². The molecule has 2 saturated heterocycles. The summed E-state index contributed by atoms with van der Waals surface area (Å²) in [5.74, 6) is 1.20. The van der Waals surface area contributed by atoms with E-state index in [9.17, 15) is 14.4 Å². The highest BCUT2D eigenvalue weighted by atomic mass is 16.6. The van der Waals surface area contributed by atoms with Crippen LogP contribution in [0.15, 0.2) is 48.8 Å². The van der Waals surface area contributed by atoms with Gasteiger partial charge in [0.15, 0.2) is 0 Å². The monoisotopic (exact) mass is 814 g/mol. The molecular formula is C45H62N6O8. The molecule has 6 rings (SSSR count). The van der Waals surface area contributed by atoms with E-state index in [-0.39, 0.29) is 18.0 Å². The van der Waals surface area contributed by atoms with Crippen LogP contribution in [-0.2, 0) is 23.8 Å². The summed E-state index contributed by atoms with van der Waals surface area (Å²) in [5, 5.41) is 5.61. The van der Waals surface area contributed by atoms with Gasteiger partial charge in [-0.3, -0.25) is 19.6 Å². The Kier molecular flexibility index (Phi) is 16.4. The average Bonchev–Trinajstić information content (AvgIpc) is 3.64. The van der Waals surface area contributed by atoms with Gasteiger partial charge in [-0.15, -0.1) is 0 Å². The van der Waals surface area contributed by atoms with Gasteiger partial charge in [0, 0.05) is 81.8 Å². The number of carbonyl (C=O) groups excluding carboxylic acids is 3. The number of anilines is 2. The van der Waals surface area contributed by atoms with Crippen molar-refractivity contribution >= 4 is 51.2 Å². The van der Waals surface area contributed by atoms with Gasteiger partial charge in [0.05, 0.1) is 38.5 Å². The molecule has 4 aromatic rings. The summed E-state index contributed by atoms with van der Waals surface area (Å²) in [7, 11) is 2.80. The lowest BCUT2D eigenvalue weighted by molar-refractivity contribution is -0.141. The Bertz CT molecular complexity index is 2030. The Morgan fingerprint density at radius 1 is 0.695 bits per heavy atom. The number of aromatic nitrogens is 2. The minimum absolute atomic E-state index is 0.204. The number of fused-ring (bicyclic) bond motifs is 2. The SMILES string of the molecule is COC(=O)CCCOc1c(C)cc2cccnc2c1N1CCCN(C(=O)OC(C)(C)C)CC1.COC(=O)CCCOc1c(C)cc2cccnc2c1N1CCCNCC1. The normalized spacial score (nSPS) is 14.8. The van der Waals surface area contributed by atoms with Gasteiger partial charge >= 0.3 is 18.0 Å². The largest absolute Gasteiger partial charge is 0.491 e. The van der Waals surface area contributed by atoms with Crippen molar-refractivity contribution in [2.24, 2.45) is 0 Å². The third-order valence-corrected chi connectivity index (χ3v) is 10.1. The van der Waals surface area contributed by atoms with Crippen molar-refractivity contribution in [3.8, 4) is 11.5 Å². The van der Waals surface area contributed by atoms with Gasteiger partial charge in [-0.2, -0.15) is 0 Å². The maximum atomic E-state index is 12.6. The smallest absolute Gasteiger partial charge is 0.410 e. The number of aryl methyl sites for hydroxylation is 2. The maximum absolute atomic E-state index is 12.6. The first-order chi connectivity index (χ1) is 28.4. The number of hydrogen-bond donors (Lipinski definition) is 1. The van der Waals surface area contributed by atoms with Crippen LogP contribution in [0.2, 0.25) is 0 Å². The van der Waals surface area contributed by atoms with Gasteiger partial charge < -0.3 is 43.7 Å². The second-order valence-corrected chi connectivity index (χ2v) is 15.8. The Morgan fingerprint density at radius 2 is 1.22 bits per heavy atom. The standard InChI is InChI=1S/C25H35N3O5.C20H27N3O3/c1-18-17-19-9-6-11-26-21(19)22(23(18)32-16-7-10-20(29)31-5)27-12-8-13-28(15-14-27)24(30)33-25(2,3)4;1-15-14-16-6-3-9-22-18(16)19(23-11-5-8-21-10-12-23)20(15)26-13-4-7-17(24)25-2/h6,9,11,17H,7-8,10,12-16H2,1-5H3;3,6,9,14,21H,4-5,7-8,10-13H2,1-2H3. The molecule has 0 bridgehead atoms. The topological polar surface area (TPSA) is 145 Å². The number of nitrogens with zero attached hydrogens (tertiary/aromatic N) is 5. The zero-order chi connectivity index (χ0) is 42.4. The molecule has 0 spiro atoms. The van der Waals surface area contributed by atoms with Gasteiger partial charge in [0.25, 0.3) is 0 Å². The lowest BCUT2D eigenvalue weighted by atomic mass is 10.1. The molecule has 0 atom stereocenters. The van der Waals surface area contributed by atoms with Crippen molar-refractivity contribution in [2.45, 2.75) is 78.7 Å². The van der Waals surface area contributed by atoms with Crippen LogP contribution in [0.5, 0.6) is 11.5 Å². The Hall–Kier alpha value is -5.37. The van der Waals surface area contributed by atoms with E-state index in [0.717, 1.165) is 101 Å². The van der Waals surface area contributed by atoms with E-state index in [1.165, 1.54) is 14.2 Å². The highest BCUT2D eigenvalue weighted by Gasteiger charge is 2.27. The van der Waals surface area contributed by atoms with Crippen LogP contribution in [0.1, 0.15) is 70.4 Å². The first-order valence-electron chi connectivity index (χ1n) is 20.7. The fourth-order valence-corrected chi connectivity index (χ4v) is 7.31. The molecule has 2 aromatic carbocycles. The van der Waals surface area contributed by atoms with Crippen LogP contribution >= 0.6 is 0 Å². The third kappa shape index (κ3) is 12.6. The van der Waals surface area contributed by atoms with Crippen LogP contribution in [0.3, 0.4) is 0 Å². The maximum Gasteiger partial charge on any atom is 0.410 e. The molecule has 4 heterocycles. The Balaban J connectivity index is 0.000000230. The summed E-state index contributed by atoms with van der Waals surface area (Å²) in [6, 6.07) is 12.2. The van der Waals surface area contributed by atoms with Crippen molar-refractivity contribution in [3.63, 3.8) is 0 Å². The molecule has 0 saturated carbocycles. The second-order valence-electron chi connectivity index (χ2n) is 15.8. The van der Waals surface area contributed by atoms with Crippen molar-refractivity contribution in [3.05, 3.63) is 59.9 Å². The number of hydrogen-bond acceptors (Lipinski definition) is 13. The summed E-state index contributed by atoms with van der Waals surface area (Å²) in [6.45, 7) is 17.1. The lowest BCUT2D eigenvalue weighted by Gasteiger charge is -2.28. The average molecular weight is 815 g/mol. The van der Waals surface area contributed by atoms with Gasteiger partial charge in [0.1, 0.15) is 28.5 Å². The van der Waals surface area contributed by atoms with E-state index in [4.69, 9.17) is 23.7 Å². The first-order valence-corrected chi connectivity index (χ1v) is 20.7. The summed E-state index contributed by atoms with van der Waals surface area (Å²) >= 11 is 0. The molecule has 0 unspecified atom stereocenters. The number of carbonyl (C=O) groups is 3. The molecule has 14 heteroatoms. The van der Waals surface area contributed by atoms with Crippen molar-refractivity contribution in [1.82, 2.24) is 20.2 Å². The van der Waals surface area contributed by atoms with Crippen LogP contribution < -0.4 is 24.6 Å². The summed E-state index contributed by atoms with van der Waals surface area (Å²) in [4.78, 5) is 51.1. The minimum Gasteiger partial charge on any atom is -0.491 e. The zero-order valence-corrected chi connectivity index (χ0v) is 35.9. The zero-order valence-electron chi connectivity index (χ0n) is 35.9. The fourth-order valence-electron chi connectivity index (χ4n) is 7.31. The molecule has 1 N–H and O–H groups in total. The van der Waals surface area contributed by atoms with E-state index in [0.29, 0.717) is 58.5 Å². The van der Waals surface area contributed by atoms with Gasteiger partial charge in [-0.05, 0) is 102 Å². The molecule has 2 fully saturated rings. The van der Waals surface area contributed by atoms with Crippen LogP contribution in [0.4, 0.5) is 16.2 Å². The highest BCUT2D eigenvalue weighted by molar-refractivity contribution is 5.96. The fraction of sp³-hybridized carbons (Fsp3) is 0.533. The summed E-state index contributed by atoms with van der Waals surface area (Å²) in [6.07, 6.45) is 7.11. The van der Waals surface area contributed by atoms with E-state index >= 15 is 0 Å². The third-order valence-electron chi connectivity index (χ3n) is 10.1. The first kappa shape index (κ1) is 44.7. The molecule has 2 aliphatic rings. The Labute approximate surface area is 348 Å². The predicted octanol–water partition coefficient (Wildman–Crippen LogP) is 7.00. The molecule has 1 amide bonds. The number of nitrogens with one attached hydrogen (secondary N) is 1. The van der Waals surface area contributed by atoms with Crippen molar-refractivity contribution in [2.75, 3.05) is 89.6 Å². The highest BCUT2D eigenvalue weighted by Crippen LogP contribution is 2.40. The predicted molar refractivity (Wildman–Crippen MR) is 231 cm³/mol. The van der Waals surface area contributed by atoms with Gasteiger partial charge in [0.2, 0.25) is 0 Å². The van der Waals surface area contributed by atoms with E-state index < -0.39 is 5.60 Å². The number of esters is 2. The molecule has 0 radical (unpaired) electrons. The minimum atomic E-state index is -0.523. The summed E-state index contributed by atoms with van der Waals surface area (Å²) < 4.78 is 27.4. The van der Waals surface area contributed by atoms with E-state index in [1.54, 1.807) is 11.1 Å². The number of benzene rings is 2. The number of pyridine rings is 2. The number of methoxy groups -OCH3 is 2. The quantitative estimate of drug-likeness (QED) is 0.0892. The van der Waals surface area contributed by atoms with Crippen molar-refractivity contribution in [1.29, 1.82) is 0 Å². The molecule has 2 aliphatic heterocycles. The molecule has 320 valence electrons. The lowest BCUT2D eigenvalue weighted by Crippen LogP contribution is -2.39. The number of ether oxygens (including phenoxy) is 5. The van der Waals surface area contributed by atoms with Gasteiger partial charge in [-0.25, -0.2) is 4.79 Å². The second kappa shape index (κ2) is 21.6.